The van der Waals surface area contributed by atoms with Crippen molar-refractivity contribution in [3.63, 3.8) is 0 Å². The van der Waals surface area contributed by atoms with Crippen molar-refractivity contribution in [2.45, 2.75) is 72.8 Å². The molecule has 1 heteroatoms. The Morgan fingerprint density at radius 1 is 1.14 bits per heavy atom. The summed E-state index contributed by atoms with van der Waals surface area (Å²) in [5.74, 6) is 1.90. The highest BCUT2D eigenvalue weighted by Crippen LogP contribution is 2.30. The van der Waals surface area contributed by atoms with E-state index in [1.165, 1.54) is 54.4 Å². The third kappa shape index (κ3) is 4.57. The minimum Gasteiger partial charge on any atom is -0.310 e. The van der Waals surface area contributed by atoms with E-state index in [9.17, 15) is 0 Å². The van der Waals surface area contributed by atoms with E-state index in [1.54, 1.807) is 0 Å². The van der Waals surface area contributed by atoms with Crippen LogP contribution in [0.5, 0.6) is 0 Å². The van der Waals surface area contributed by atoms with E-state index in [0.717, 1.165) is 18.4 Å². The van der Waals surface area contributed by atoms with Crippen LogP contribution in [0.25, 0.3) is 0 Å². The van der Waals surface area contributed by atoms with Gasteiger partial charge >= 0.3 is 0 Å². The quantitative estimate of drug-likeness (QED) is 0.756. The summed E-state index contributed by atoms with van der Waals surface area (Å²) in [6.07, 6.45) is 7.12. The molecule has 0 heterocycles. The van der Waals surface area contributed by atoms with Gasteiger partial charge in [-0.2, -0.15) is 0 Å². The molecule has 0 saturated heterocycles. The van der Waals surface area contributed by atoms with E-state index in [4.69, 9.17) is 0 Å². The Bertz CT molecular complexity index is 440. The molecule has 1 N–H and O–H groups in total. The Morgan fingerprint density at radius 3 is 2.43 bits per heavy atom. The lowest BCUT2D eigenvalue weighted by Gasteiger charge is -2.27. The van der Waals surface area contributed by atoms with Crippen LogP contribution in [-0.2, 0) is 0 Å². The van der Waals surface area contributed by atoms with Gasteiger partial charge in [0, 0.05) is 6.04 Å². The Morgan fingerprint density at radius 2 is 1.81 bits per heavy atom. The van der Waals surface area contributed by atoms with Crippen LogP contribution in [0.2, 0.25) is 0 Å². The standard InChI is InChI=1S/C20H33N/c1-14-7-6-8-19(13-14)9-10-21-18(5)20-16(3)11-15(2)12-17(20)4/h11-12,14,18-19,21H,6-10,13H2,1-5H3. The predicted molar refractivity (Wildman–Crippen MR) is 92.8 cm³/mol. The van der Waals surface area contributed by atoms with Crippen molar-refractivity contribution < 1.29 is 0 Å². The van der Waals surface area contributed by atoms with Gasteiger partial charge in [-0.05, 0) is 75.6 Å². The van der Waals surface area contributed by atoms with Crippen LogP contribution in [0.1, 0.15) is 74.2 Å². The molecule has 0 aliphatic heterocycles. The lowest BCUT2D eigenvalue weighted by molar-refractivity contribution is 0.265. The zero-order valence-electron chi connectivity index (χ0n) is 14.6. The van der Waals surface area contributed by atoms with E-state index >= 15 is 0 Å². The van der Waals surface area contributed by atoms with E-state index in [0.29, 0.717) is 6.04 Å². The van der Waals surface area contributed by atoms with Crippen molar-refractivity contribution in [3.05, 3.63) is 34.4 Å². The first kappa shape index (κ1) is 16.5. The Kier molecular flexibility index (Phi) is 5.87. The number of nitrogens with one attached hydrogen (secondary N) is 1. The number of hydrogen-bond donors (Lipinski definition) is 1. The van der Waals surface area contributed by atoms with E-state index < -0.39 is 0 Å². The fourth-order valence-corrected chi connectivity index (χ4v) is 4.30. The third-order valence-corrected chi connectivity index (χ3v) is 5.22. The molecule has 1 nitrogen and oxygen atoms in total. The molecule has 1 aromatic rings. The zero-order chi connectivity index (χ0) is 15.4. The molecule has 1 aliphatic rings. The highest BCUT2D eigenvalue weighted by atomic mass is 14.9. The summed E-state index contributed by atoms with van der Waals surface area (Å²) in [6.45, 7) is 12.6. The fraction of sp³-hybridized carbons (Fsp3) is 0.700. The third-order valence-electron chi connectivity index (χ3n) is 5.22. The van der Waals surface area contributed by atoms with Gasteiger partial charge in [0.25, 0.3) is 0 Å². The van der Waals surface area contributed by atoms with E-state index in [-0.39, 0.29) is 0 Å². The zero-order valence-corrected chi connectivity index (χ0v) is 14.6. The Labute approximate surface area is 131 Å². The molecule has 1 aromatic carbocycles. The van der Waals surface area contributed by atoms with Gasteiger partial charge in [0.1, 0.15) is 0 Å². The molecule has 21 heavy (non-hydrogen) atoms. The van der Waals surface area contributed by atoms with Crippen LogP contribution >= 0.6 is 0 Å². The molecule has 1 saturated carbocycles. The molecular formula is C20H33N. The molecule has 0 bridgehead atoms. The summed E-state index contributed by atoms with van der Waals surface area (Å²) in [5, 5.41) is 3.76. The average Bonchev–Trinajstić information content (AvgIpc) is 2.37. The van der Waals surface area contributed by atoms with Crippen molar-refractivity contribution in [1.29, 1.82) is 0 Å². The highest BCUT2D eigenvalue weighted by molar-refractivity contribution is 5.39. The largest absolute Gasteiger partial charge is 0.310 e. The lowest BCUT2D eigenvalue weighted by atomic mass is 9.81. The maximum Gasteiger partial charge on any atom is 0.0297 e. The van der Waals surface area contributed by atoms with Gasteiger partial charge < -0.3 is 5.32 Å². The molecule has 0 spiro atoms. The summed E-state index contributed by atoms with van der Waals surface area (Å²) in [4.78, 5) is 0. The number of aryl methyl sites for hydroxylation is 3. The van der Waals surface area contributed by atoms with Gasteiger partial charge in [0.05, 0.1) is 0 Å². The number of rotatable bonds is 5. The average molecular weight is 287 g/mol. The van der Waals surface area contributed by atoms with Crippen LogP contribution in [0.15, 0.2) is 12.1 Å². The van der Waals surface area contributed by atoms with E-state index in [1.807, 2.05) is 0 Å². The second-order valence-electron chi connectivity index (χ2n) is 7.41. The first-order valence-electron chi connectivity index (χ1n) is 8.78. The van der Waals surface area contributed by atoms with Gasteiger partial charge in [-0.25, -0.2) is 0 Å². The van der Waals surface area contributed by atoms with Crippen molar-refractivity contribution in [2.75, 3.05) is 6.54 Å². The molecule has 118 valence electrons. The molecule has 0 radical (unpaired) electrons. The minimum absolute atomic E-state index is 0.464. The van der Waals surface area contributed by atoms with Crippen molar-refractivity contribution >= 4 is 0 Å². The number of hydrogen-bond acceptors (Lipinski definition) is 1. The highest BCUT2D eigenvalue weighted by Gasteiger charge is 2.19. The summed E-state index contributed by atoms with van der Waals surface area (Å²) >= 11 is 0. The normalized spacial score (nSPS) is 24.0. The maximum atomic E-state index is 3.76. The first-order chi connectivity index (χ1) is 9.97. The topological polar surface area (TPSA) is 12.0 Å². The second-order valence-corrected chi connectivity index (χ2v) is 7.41. The monoisotopic (exact) mass is 287 g/mol. The van der Waals surface area contributed by atoms with Gasteiger partial charge in [-0.3, -0.25) is 0 Å². The van der Waals surface area contributed by atoms with Crippen molar-refractivity contribution in [3.8, 4) is 0 Å². The van der Waals surface area contributed by atoms with E-state index in [2.05, 4.69) is 52.1 Å². The SMILES string of the molecule is Cc1cc(C)c(C(C)NCCC2CCCC(C)C2)c(C)c1. The Balaban J connectivity index is 1.86. The fourth-order valence-electron chi connectivity index (χ4n) is 4.30. The molecule has 0 amide bonds. The molecular weight excluding hydrogens is 254 g/mol. The van der Waals surface area contributed by atoms with Gasteiger partial charge in [-0.1, -0.05) is 43.9 Å². The summed E-state index contributed by atoms with van der Waals surface area (Å²) in [6, 6.07) is 5.08. The molecule has 1 aliphatic carbocycles. The summed E-state index contributed by atoms with van der Waals surface area (Å²) < 4.78 is 0. The van der Waals surface area contributed by atoms with Gasteiger partial charge in [0.2, 0.25) is 0 Å². The van der Waals surface area contributed by atoms with Crippen LogP contribution in [0, 0.1) is 32.6 Å². The van der Waals surface area contributed by atoms with Crippen LogP contribution < -0.4 is 5.32 Å². The maximum absolute atomic E-state index is 3.76. The van der Waals surface area contributed by atoms with Gasteiger partial charge in [0.15, 0.2) is 0 Å². The first-order valence-corrected chi connectivity index (χ1v) is 8.78. The van der Waals surface area contributed by atoms with Crippen LogP contribution in [0.4, 0.5) is 0 Å². The smallest absolute Gasteiger partial charge is 0.0297 e. The summed E-state index contributed by atoms with van der Waals surface area (Å²) in [7, 11) is 0. The lowest BCUT2D eigenvalue weighted by Crippen LogP contribution is -2.24. The molecule has 2 rings (SSSR count). The number of benzene rings is 1. The predicted octanol–water partition coefficient (Wildman–Crippen LogP) is 5.48. The molecule has 0 aromatic heterocycles. The second kappa shape index (κ2) is 7.45. The summed E-state index contributed by atoms with van der Waals surface area (Å²) in [5.41, 5.74) is 5.73. The molecule has 3 atom stereocenters. The van der Waals surface area contributed by atoms with Crippen molar-refractivity contribution in [2.24, 2.45) is 11.8 Å². The van der Waals surface area contributed by atoms with Crippen LogP contribution in [-0.4, -0.2) is 6.54 Å². The minimum atomic E-state index is 0.464. The van der Waals surface area contributed by atoms with Crippen LogP contribution in [0.3, 0.4) is 0 Å². The molecule has 1 fully saturated rings. The van der Waals surface area contributed by atoms with Crippen molar-refractivity contribution in [1.82, 2.24) is 5.32 Å². The Hall–Kier alpha value is -0.820. The van der Waals surface area contributed by atoms with Gasteiger partial charge in [-0.15, -0.1) is 0 Å². The molecule has 3 unspecified atom stereocenters.